The Hall–Kier alpha value is -3.37. The molecule has 1 aliphatic heterocycles. The van der Waals surface area contributed by atoms with Crippen molar-refractivity contribution in [2.24, 2.45) is 0 Å². The SMILES string of the molecule is C.[C-]#[N+]c1ccc(C)c(N(CC(=O)NCCCCC)CC(=O)N(CC)N2Cc3ccccc3C2)c1. The summed E-state index contributed by atoms with van der Waals surface area (Å²) in [6.07, 6.45) is 3.09. The number of aryl methyl sites for hydroxylation is 1. The Morgan fingerprint density at radius 1 is 1.06 bits per heavy atom. The number of carbonyl (C=O) groups is 2. The molecule has 188 valence electrons. The van der Waals surface area contributed by atoms with Gasteiger partial charge in [-0.05, 0) is 43.0 Å². The number of fused-ring (bicyclic) bond motifs is 1. The Balaban J connectivity index is 0.00000432. The van der Waals surface area contributed by atoms with Crippen LogP contribution in [-0.4, -0.2) is 48.0 Å². The first-order chi connectivity index (χ1) is 16.5. The van der Waals surface area contributed by atoms with Crippen molar-refractivity contribution in [1.29, 1.82) is 0 Å². The maximum absolute atomic E-state index is 13.5. The maximum Gasteiger partial charge on any atom is 0.256 e. The molecule has 0 unspecified atom stereocenters. The first-order valence-corrected chi connectivity index (χ1v) is 12.1. The van der Waals surface area contributed by atoms with E-state index < -0.39 is 0 Å². The molecule has 3 rings (SSSR count). The fourth-order valence-electron chi connectivity index (χ4n) is 4.33. The number of nitrogens with zero attached hydrogens (tertiary/aromatic N) is 4. The molecule has 2 aromatic carbocycles. The van der Waals surface area contributed by atoms with Crippen molar-refractivity contribution in [2.75, 3.05) is 31.1 Å². The molecule has 0 spiro atoms. The van der Waals surface area contributed by atoms with Gasteiger partial charge in [0.25, 0.3) is 5.91 Å². The van der Waals surface area contributed by atoms with Crippen molar-refractivity contribution < 1.29 is 9.59 Å². The van der Waals surface area contributed by atoms with Crippen LogP contribution in [0.15, 0.2) is 42.5 Å². The van der Waals surface area contributed by atoms with Crippen LogP contribution in [0.3, 0.4) is 0 Å². The number of amides is 2. The smallest absolute Gasteiger partial charge is 0.256 e. The predicted molar refractivity (Wildman–Crippen MR) is 142 cm³/mol. The molecule has 0 radical (unpaired) electrons. The number of benzene rings is 2. The zero-order valence-corrected chi connectivity index (χ0v) is 20.5. The van der Waals surface area contributed by atoms with Gasteiger partial charge in [0.05, 0.1) is 19.7 Å². The average Bonchev–Trinajstić information content (AvgIpc) is 3.26. The second-order valence-corrected chi connectivity index (χ2v) is 8.70. The molecule has 0 aromatic heterocycles. The molecule has 7 nitrogen and oxygen atoms in total. The lowest BCUT2D eigenvalue weighted by Crippen LogP contribution is -2.49. The standard InChI is InChI=1S/C27H35N5O2.CH4/c1-5-7-10-15-29-26(33)19-30(25-16-24(28-4)14-13-21(25)3)20-27(34)32(6-2)31-17-22-11-8-9-12-23(22)18-31;/h8-9,11-14,16H,5-7,10,15,17-20H2,1-3H3,(H,29,33);1H4. The van der Waals surface area contributed by atoms with Gasteiger partial charge in [-0.25, -0.2) is 9.85 Å². The Bertz CT molecular complexity index is 1020. The largest absolute Gasteiger partial charge is 0.355 e. The molecule has 0 atom stereocenters. The third-order valence-corrected chi connectivity index (χ3v) is 6.18. The number of likely N-dealkylation sites (N-methyl/N-ethyl adjacent to an activating group) is 1. The normalized spacial score (nSPS) is 12.3. The maximum atomic E-state index is 13.5. The minimum atomic E-state index is -0.117. The average molecular weight is 478 g/mol. The fourth-order valence-corrected chi connectivity index (χ4v) is 4.33. The third kappa shape index (κ3) is 7.30. The molecule has 2 amide bonds. The van der Waals surface area contributed by atoms with E-state index in [-0.39, 0.29) is 32.3 Å². The predicted octanol–water partition coefficient (Wildman–Crippen LogP) is 5.07. The quantitative estimate of drug-likeness (QED) is 0.362. The van der Waals surface area contributed by atoms with E-state index in [1.54, 1.807) is 22.0 Å². The van der Waals surface area contributed by atoms with Crippen LogP contribution in [0.5, 0.6) is 0 Å². The monoisotopic (exact) mass is 477 g/mol. The van der Waals surface area contributed by atoms with Gasteiger partial charge >= 0.3 is 0 Å². The van der Waals surface area contributed by atoms with E-state index in [4.69, 9.17) is 6.57 Å². The number of hydrogen-bond donors (Lipinski definition) is 1. The lowest BCUT2D eigenvalue weighted by Gasteiger charge is -2.34. The zero-order valence-electron chi connectivity index (χ0n) is 20.5. The van der Waals surface area contributed by atoms with Crippen LogP contribution in [0.2, 0.25) is 0 Å². The third-order valence-electron chi connectivity index (χ3n) is 6.18. The molecule has 0 fully saturated rings. The molecule has 0 saturated carbocycles. The molecular weight excluding hydrogens is 438 g/mol. The van der Waals surface area contributed by atoms with Gasteiger partial charge in [0.15, 0.2) is 5.69 Å². The fraction of sp³-hybridized carbons (Fsp3) is 0.464. The van der Waals surface area contributed by atoms with Gasteiger partial charge < -0.3 is 10.2 Å². The van der Waals surface area contributed by atoms with E-state index in [9.17, 15) is 9.59 Å². The molecular formula is C28H39N5O2. The highest BCUT2D eigenvalue weighted by Crippen LogP contribution is 2.27. The summed E-state index contributed by atoms with van der Waals surface area (Å²) in [4.78, 5) is 31.6. The van der Waals surface area contributed by atoms with Gasteiger partial charge in [-0.2, -0.15) is 0 Å². The Labute approximate surface area is 210 Å². The second-order valence-electron chi connectivity index (χ2n) is 8.70. The molecule has 1 N–H and O–H groups in total. The van der Waals surface area contributed by atoms with Gasteiger partial charge in [0, 0.05) is 31.9 Å². The summed E-state index contributed by atoms with van der Waals surface area (Å²) >= 11 is 0. The molecule has 1 heterocycles. The Morgan fingerprint density at radius 2 is 1.74 bits per heavy atom. The summed E-state index contributed by atoms with van der Waals surface area (Å²) in [6.45, 7) is 16.1. The zero-order chi connectivity index (χ0) is 24.5. The first-order valence-electron chi connectivity index (χ1n) is 12.1. The van der Waals surface area contributed by atoms with E-state index in [0.717, 1.165) is 30.5 Å². The number of nitrogens with one attached hydrogen (secondary N) is 1. The number of carbonyl (C=O) groups excluding carboxylic acids is 2. The molecule has 7 heteroatoms. The van der Waals surface area contributed by atoms with E-state index >= 15 is 0 Å². The van der Waals surface area contributed by atoms with Crippen LogP contribution in [0.1, 0.15) is 57.2 Å². The number of hydrazine groups is 1. The highest BCUT2D eigenvalue weighted by Gasteiger charge is 2.28. The highest BCUT2D eigenvalue weighted by molar-refractivity contribution is 5.87. The van der Waals surface area contributed by atoms with E-state index in [0.29, 0.717) is 31.9 Å². The van der Waals surface area contributed by atoms with Crippen molar-refractivity contribution in [1.82, 2.24) is 15.3 Å². The van der Waals surface area contributed by atoms with Crippen molar-refractivity contribution >= 4 is 23.2 Å². The lowest BCUT2D eigenvalue weighted by atomic mass is 10.1. The van der Waals surface area contributed by atoms with Gasteiger partial charge in [-0.1, -0.05) is 63.6 Å². The first kappa shape index (κ1) is 27.9. The summed E-state index contributed by atoms with van der Waals surface area (Å²) in [6, 6.07) is 13.6. The molecule has 0 saturated heterocycles. The van der Waals surface area contributed by atoms with Crippen LogP contribution < -0.4 is 10.2 Å². The van der Waals surface area contributed by atoms with Crippen LogP contribution in [-0.2, 0) is 22.7 Å². The van der Waals surface area contributed by atoms with Crippen molar-refractivity contribution in [3.05, 3.63) is 70.6 Å². The highest BCUT2D eigenvalue weighted by atomic mass is 16.2. The number of unbranched alkanes of at least 4 members (excludes halogenated alkanes) is 2. The van der Waals surface area contributed by atoms with Crippen LogP contribution >= 0.6 is 0 Å². The number of hydrogen-bond acceptors (Lipinski definition) is 4. The summed E-state index contributed by atoms with van der Waals surface area (Å²) in [5.74, 6) is -0.185. The van der Waals surface area contributed by atoms with Crippen LogP contribution in [0.4, 0.5) is 11.4 Å². The summed E-state index contributed by atoms with van der Waals surface area (Å²) in [5, 5.41) is 6.82. The van der Waals surface area contributed by atoms with E-state index in [1.807, 2.05) is 32.0 Å². The van der Waals surface area contributed by atoms with Gasteiger partial charge in [0.2, 0.25) is 5.91 Å². The van der Waals surface area contributed by atoms with Gasteiger partial charge in [-0.15, -0.1) is 0 Å². The van der Waals surface area contributed by atoms with Crippen molar-refractivity contribution in [3.8, 4) is 0 Å². The van der Waals surface area contributed by atoms with Crippen LogP contribution in [0, 0.1) is 13.5 Å². The second kappa shape index (κ2) is 13.5. The number of rotatable bonds is 11. The molecule has 2 aromatic rings. The molecule has 35 heavy (non-hydrogen) atoms. The van der Waals surface area contributed by atoms with E-state index in [2.05, 4.69) is 34.2 Å². The Kier molecular flexibility index (Phi) is 10.8. The van der Waals surface area contributed by atoms with Crippen molar-refractivity contribution in [2.45, 2.75) is 60.5 Å². The minimum absolute atomic E-state index is 0. The summed E-state index contributed by atoms with van der Waals surface area (Å²) < 4.78 is 0. The van der Waals surface area contributed by atoms with Crippen LogP contribution in [0.25, 0.3) is 4.85 Å². The minimum Gasteiger partial charge on any atom is -0.355 e. The van der Waals surface area contributed by atoms with Gasteiger partial charge in [0.1, 0.15) is 0 Å². The van der Waals surface area contributed by atoms with Crippen molar-refractivity contribution in [3.63, 3.8) is 0 Å². The lowest BCUT2D eigenvalue weighted by molar-refractivity contribution is -0.148. The molecule has 0 bridgehead atoms. The van der Waals surface area contributed by atoms with E-state index in [1.165, 1.54) is 11.1 Å². The molecule has 0 aliphatic carbocycles. The van der Waals surface area contributed by atoms with Gasteiger partial charge in [-0.3, -0.25) is 14.6 Å². The summed E-state index contributed by atoms with van der Waals surface area (Å²) in [5.41, 5.74) is 4.63. The summed E-state index contributed by atoms with van der Waals surface area (Å²) in [7, 11) is 0. The number of anilines is 1. The Morgan fingerprint density at radius 3 is 2.34 bits per heavy atom. The topological polar surface area (TPSA) is 60.3 Å². The molecule has 1 aliphatic rings.